The van der Waals surface area contributed by atoms with Crippen LogP contribution in [0.15, 0.2) is 120 Å². The van der Waals surface area contributed by atoms with Gasteiger partial charge >= 0.3 is 23.7 Å². The number of aromatic nitrogens is 4. The summed E-state index contributed by atoms with van der Waals surface area (Å²) < 4.78 is 178. The summed E-state index contributed by atoms with van der Waals surface area (Å²) >= 11 is 3.08. The molecule has 21 nitrogen and oxygen atoms in total. The normalized spacial score (nSPS) is 15.4. The van der Waals surface area contributed by atoms with Crippen LogP contribution < -0.4 is 21.3 Å². The standard InChI is InChI=1S/C21H23BrF3N3O2.2C21H24F3N3O2.C20H22F3N3O3/c1-12-6-8-28(9-7-12)20(30)21(24,25)18-15(22)11-17(27(18)3)19(29)26-14-4-5-16(23)13(2)10-14;1-13-6-8-27(9-7-13)20(29)21(23,24)18-11-15(12-26(18)3)19(28)25-16-4-5-17(22)14(2)10-16;1-13-8-10-27(11-9-13)20(29)21(23,24)18-7-6-17(26(18)3)19(28)25-15-4-5-16(22)14(2)12-15;1-12-11-13(3-4-16(12)21)24-18(28)15-7-8-25(2)17(15)20(22,23)19(29)26-9-5-14(27)6-10-26/h4-5,10-12H,6-9H2,1-3H3,(H,26,29);4-5,10-13H,6-9H2,1-3H3,(H,25,28);4-7,12-13H,8-11H2,1-3H3,(H,25,28);3-4,7-8,11,14,27H,5-6,9-10H2,1-2H3,(H,24,28). The van der Waals surface area contributed by atoms with Gasteiger partial charge in [-0.15, -0.1) is 0 Å². The number of amides is 8. The molecule has 0 aliphatic carbocycles. The fraction of sp³-hybridized carbons (Fsp3) is 0.422. The fourth-order valence-corrected chi connectivity index (χ4v) is 14.6. The van der Waals surface area contributed by atoms with Crippen molar-refractivity contribution in [3.05, 3.63) is 211 Å². The average molecular weight is 1710 g/mol. The van der Waals surface area contributed by atoms with E-state index in [0.717, 1.165) is 35.3 Å². The molecule has 4 fully saturated rings. The van der Waals surface area contributed by atoms with E-state index in [4.69, 9.17) is 0 Å². The Hall–Kier alpha value is -10.6. The quantitative estimate of drug-likeness (QED) is 0.0578. The van der Waals surface area contributed by atoms with E-state index < -0.39 is 123 Å². The smallest absolute Gasteiger partial charge is 0.365 e. The average Bonchev–Trinajstić information content (AvgIpc) is 1.66. The maximum Gasteiger partial charge on any atom is 0.365 e. The summed E-state index contributed by atoms with van der Waals surface area (Å²) in [5, 5.41) is 19.7. The molecule has 0 bridgehead atoms. The second-order valence-corrected chi connectivity index (χ2v) is 31.1. The van der Waals surface area contributed by atoms with Gasteiger partial charge in [0, 0.05) is 120 Å². The van der Waals surface area contributed by atoms with Crippen molar-refractivity contribution in [3.8, 4) is 0 Å². The van der Waals surface area contributed by atoms with Crippen LogP contribution in [0, 0.1) is 68.7 Å². The molecule has 8 amide bonds. The zero-order valence-electron chi connectivity index (χ0n) is 66.3. The van der Waals surface area contributed by atoms with E-state index in [9.17, 15) is 78.6 Å². The Morgan fingerprint density at radius 3 is 1.10 bits per heavy atom. The highest BCUT2D eigenvalue weighted by Crippen LogP contribution is 2.41. The molecule has 630 valence electrons. The van der Waals surface area contributed by atoms with E-state index in [1.165, 1.54) is 153 Å². The summed E-state index contributed by atoms with van der Waals surface area (Å²) in [6.07, 6.45) is 6.52. The number of hydrogen-bond donors (Lipinski definition) is 5. The van der Waals surface area contributed by atoms with Gasteiger partial charge < -0.3 is 64.2 Å². The van der Waals surface area contributed by atoms with Crippen molar-refractivity contribution in [1.29, 1.82) is 0 Å². The molecule has 12 rings (SSSR count). The zero-order valence-corrected chi connectivity index (χ0v) is 67.9. The van der Waals surface area contributed by atoms with Gasteiger partial charge in [0.2, 0.25) is 0 Å². The van der Waals surface area contributed by atoms with Crippen LogP contribution in [0.1, 0.15) is 159 Å². The van der Waals surface area contributed by atoms with Crippen molar-refractivity contribution < 1.29 is 96.1 Å². The van der Waals surface area contributed by atoms with Gasteiger partial charge in [-0.1, -0.05) is 20.8 Å². The van der Waals surface area contributed by atoms with E-state index in [-0.39, 0.29) is 71.7 Å². The van der Waals surface area contributed by atoms with Crippen molar-refractivity contribution in [2.75, 3.05) is 73.6 Å². The van der Waals surface area contributed by atoms with Gasteiger partial charge in [-0.05, 0) is 238 Å². The molecule has 4 aliphatic rings. The van der Waals surface area contributed by atoms with Gasteiger partial charge in [-0.25, -0.2) is 17.6 Å². The molecule has 0 atom stereocenters. The summed E-state index contributed by atoms with van der Waals surface area (Å²) in [6.45, 7) is 14.1. The number of piperidine rings is 4. The number of hydrogen-bond acceptors (Lipinski definition) is 9. The van der Waals surface area contributed by atoms with Crippen LogP contribution in [0.25, 0.3) is 0 Å². The Balaban J connectivity index is 0.000000178. The van der Waals surface area contributed by atoms with Crippen LogP contribution in [-0.4, -0.2) is 149 Å². The van der Waals surface area contributed by atoms with E-state index >= 15 is 17.6 Å². The van der Waals surface area contributed by atoms with Crippen LogP contribution in [0.4, 0.5) is 75.4 Å². The van der Waals surface area contributed by atoms with Gasteiger partial charge in [-0.3, -0.25) is 38.4 Å². The minimum absolute atomic E-state index is 0.00998. The zero-order chi connectivity index (χ0) is 86.2. The molecule has 4 aromatic carbocycles. The molecule has 117 heavy (non-hydrogen) atoms. The number of rotatable bonds is 16. The molecule has 4 saturated heterocycles. The first-order chi connectivity index (χ1) is 54.8. The number of carbonyl (C=O) groups is 8. The molecular formula is C83H93BrF12N12O9. The first kappa shape index (κ1) is 90.3. The monoisotopic (exact) mass is 1710 g/mol. The second-order valence-electron chi connectivity index (χ2n) is 30.3. The van der Waals surface area contributed by atoms with Gasteiger partial charge in [0.15, 0.2) is 0 Å². The highest BCUT2D eigenvalue weighted by molar-refractivity contribution is 9.10. The lowest BCUT2D eigenvalue weighted by atomic mass is 9.98. The van der Waals surface area contributed by atoms with E-state index in [1.54, 1.807) is 20.8 Å². The maximum absolute atomic E-state index is 15.1. The lowest BCUT2D eigenvalue weighted by Gasteiger charge is -2.33. The van der Waals surface area contributed by atoms with E-state index in [1.807, 2.05) is 20.8 Å². The molecule has 0 radical (unpaired) electrons. The summed E-state index contributed by atoms with van der Waals surface area (Å²) in [5.74, 6) is -23.5. The van der Waals surface area contributed by atoms with Gasteiger partial charge in [0.25, 0.3) is 47.3 Å². The largest absolute Gasteiger partial charge is 0.393 e. The number of aryl methyl sites for hydroxylation is 6. The summed E-state index contributed by atoms with van der Waals surface area (Å²) in [6, 6.07) is 21.9. The molecule has 5 N–H and O–H groups in total. The van der Waals surface area contributed by atoms with Crippen molar-refractivity contribution in [3.63, 3.8) is 0 Å². The van der Waals surface area contributed by atoms with Crippen molar-refractivity contribution in [1.82, 2.24) is 37.9 Å². The molecule has 4 aliphatic heterocycles. The Kier molecular flexibility index (Phi) is 28.8. The van der Waals surface area contributed by atoms with E-state index in [2.05, 4.69) is 37.2 Å². The lowest BCUT2D eigenvalue weighted by Crippen LogP contribution is -2.47. The topological polar surface area (TPSA) is 238 Å². The lowest BCUT2D eigenvalue weighted by molar-refractivity contribution is -0.162. The summed E-state index contributed by atoms with van der Waals surface area (Å²) in [7, 11) is 5.33. The predicted molar refractivity (Wildman–Crippen MR) is 418 cm³/mol. The summed E-state index contributed by atoms with van der Waals surface area (Å²) in [5.41, 5.74) is -0.182. The van der Waals surface area contributed by atoms with E-state index in [0.29, 0.717) is 122 Å². The Labute approximate surface area is 676 Å². The number of alkyl halides is 8. The number of benzene rings is 4. The second kappa shape index (κ2) is 37.3. The fourth-order valence-electron chi connectivity index (χ4n) is 13.9. The number of carbonyl (C=O) groups excluding carboxylic acids is 8. The first-order valence-electron chi connectivity index (χ1n) is 37.8. The molecule has 34 heteroatoms. The van der Waals surface area contributed by atoms with Gasteiger partial charge in [-0.2, -0.15) is 35.1 Å². The van der Waals surface area contributed by atoms with Crippen molar-refractivity contribution in [2.45, 2.75) is 130 Å². The van der Waals surface area contributed by atoms with Gasteiger partial charge in [0.05, 0.1) is 28.6 Å². The Bertz CT molecular complexity index is 4960. The molecule has 4 aromatic heterocycles. The number of aliphatic hydroxyl groups excluding tert-OH is 1. The highest BCUT2D eigenvalue weighted by Gasteiger charge is 2.52. The number of likely N-dealkylation sites (tertiary alicyclic amines) is 4. The summed E-state index contributed by atoms with van der Waals surface area (Å²) in [4.78, 5) is 105. The predicted octanol–water partition coefficient (Wildman–Crippen LogP) is 15.8. The number of anilines is 4. The van der Waals surface area contributed by atoms with Crippen LogP contribution in [-0.2, 0) is 71.1 Å². The van der Waals surface area contributed by atoms with Crippen molar-refractivity contribution in [2.24, 2.45) is 45.9 Å². The van der Waals surface area contributed by atoms with Gasteiger partial charge in [0.1, 0.15) is 46.0 Å². The first-order valence-corrected chi connectivity index (χ1v) is 38.6. The van der Waals surface area contributed by atoms with Crippen LogP contribution in [0.5, 0.6) is 0 Å². The Morgan fingerprint density at radius 1 is 0.385 bits per heavy atom. The Morgan fingerprint density at radius 2 is 0.718 bits per heavy atom. The minimum Gasteiger partial charge on any atom is -0.393 e. The highest BCUT2D eigenvalue weighted by atomic mass is 79.9. The molecule has 0 saturated carbocycles. The number of nitrogens with zero attached hydrogens (tertiary/aromatic N) is 8. The molecule has 0 unspecified atom stereocenters. The van der Waals surface area contributed by atoms with Crippen LogP contribution in [0.3, 0.4) is 0 Å². The molecular weight excluding hydrogens is 1620 g/mol. The molecule has 8 aromatic rings. The third kappa shape index (κ3) is 21.0. The molecule has 0 spiro atoms. The number of halogens is 13. The van der Waals surface area contributed by atoms with Crippen molar-refractivity contribution >= 4 is 85.9 Å². The number of nitrogens with one attached hydrogen (secondary N) is 4. The number of aliphatic hydroxyl groups is 1. The maximum atomic E-state index is 15.1. The molecule has 8 heterocycles. The van der Waals surface area contributed by atoms with Crippen LogP contribution >= 0.6 is 15.9 Å². The minimum atomic E-state index is -3.92. The van der Waals surface area contributed by atoms with Crippen LogP contribution in [0.2, 0.25) is 0 Å². The third-order valence-electron chi connectivity index (χ3n) is 21.3. The SMILES string of the molecule is Cc1cc(NC(=O)c2cc(Br)c(C(F)(F)C(=O)N3CCC(C)CC3)n2C)ccc1F.Cc1cc(NC(=O)c2cc(C(F)(F)C(=O)N3CCC(C)CC3)n(C)c2)ccc1F.Cc1cc(NC(=O)c2ccc(C(F)(F)C(=O)N3CCC(C)CC3)n2C)ccc1F.Cc1cc(NC(=O)c2ccn(C)c2C(F)(F)C(=O)N2CCC(O)CC2)ccc1F. The third-order valence-corrected chi connectivity index (χ3v) is 21.9.